The number of rotatable bonds is 6. The van der Waals surface area contributed by atoms with Crippen molar-refractivity contribution in [2.24, 2.45) is 0 Å². The first-order valence-electron chi connectivity index (χ1n) is 11.6. The molecule has 11 heteroatoms. The minimum Gasteiger partial charge on any atom is -0.356 e. The van der Waals surface area contributed by atoms with Crippen LogP contribution in [0.25, 0.3) is 0 Å². The predicted molar refractivity (Wildman–Crippen MR) is 125 cm³/mol. The highest BCUT2D eigenvalue weighted by Crippen LogP contribution is 2.30. The van der Waals surface area contributed by atoms with Gasteiger partial charge < -0.3 is 4.90 Å². The third kappa shape index (κ3) is 5.77. The van der Waals surface area contributed by atoms with Gasteiger partial charge in [-0.15, -0.1) is 0 Å². The molecular formula is C24H28F3N5O2S. The van der Waals surface area contributed by atoms with Gasteiger partial charge in [-0.2, -0.15) is 9.57 Å². The van der Waals surface area contributed by atoms with E-state index in [0.29, 0.717) is 38.3 Å². The molecule has 1 aromatic heterocycles. The van der Waals surface area contributed by atoms with Crippen LogP contribution < -0.4 is 4.90 Å². The highest BCUT2D eigenvalue weighted by atomic mass is 32.2. The summed E-state index contributed by atoms with van der Waals surface area (Å²) in [6, 6.07) is 9.56. The van der Waals surface area contributed by atoms with Crippen molar-refractivity contribution in [3.8, 4) is 6.07 Å². The third-order valence-electron chi connectivity index (χ3n) is 6.81. The molecule has 2 saturated heterocycles. The first-order chi connectivity index (χ1) is 16.6. The van der Waals surface area contributed by atoms with E-state index in [2.05, 4.69) is 9.88 Å². The Bertz CT molecular complexity index is 1180. The van der Waals surface area contributed by atoms with Gasteiger partial charge in [0.25, 0.3) is 5.92 Å². The summed E-state index contributed by atoms with van der Waals surface area (Å²) in [4.78, 5) is 8.14. The van der Waals surface area contributed by atoms with E-state index < -0.39 is 21.8 Å². The first-order valence-corrected chi connectivity index (χ1v) is 13.0. The average molecular weight is 508 g/mol. The van der Waals surface area contributed by atoms with Gasteiger partial charge in [0.1, 0.15) is 22.6 Å². The monoisotopic (exact) mass is 507 g/mol. The molecule has 1 aromatic carbocycles. The highest BCUT2D eigenvalue weighted by Gasteiger charge is 2.35. The second-order valence-corrected chi connectivity index (χ2v) is 11.1. The normalized spacial score (nSPS) is 19.6. The van der Waals surface area contributed by atoms with Gasteiger partial charge in [0.15, 0.2) is 0 Å². The summed E-state index contributed by atoms with van der Waals surface area (Å²) in [6.45, 7) is 1.56. The second kappa shape index (κ2) is 10.1. The zero-order valence-electron chi connectivity index (χ0n) is 19.5. The number of nitriles is 1. The van der Waals surface area contributed by atoms with E-state index in [0.717, 1.165) is 5.56 Å². The number of anilines is 1. The Morgan fingerprint density at radius 3 is 2.40 bits per heavy atom. The topological polar surface area (TPSA) is 80.5 Å². The lowest BCUT2D eigenvalue weighted by Crippen LogP contribution is -2.45. The molecule has 0 N–H and O–H groups in total. The number of nitrogens with zero attached hydrogens (tertiary/aromatic N) is 5. The van der Waals surface area contributed by atoms with Crippen molar-refractivity contribution >= 4 is 15.8 Å². The van der Waals surface area contributed by atoms with Crippen LogP contribution in [0.5, 0.6) is 0 Å². The maximum atomic E-state index is 13.9. The number of aromatic nitrogens is 1. The Morgan fingerprint density at radius 2 is 1.83 bits per heavy atom. The van der Waals surface area contributed by atoms with Crippen LogP contribution in [-0.4, -0.2) is 67.8 Å². The summed E-state index contributed by atoms with van der Waals surface area (Å²) in [7, 11) is -1.80. The molecule has 7 nitrogen and oxygen atoms in total. The van der Waals surface area contributed by atoms with Crippen LogP contribution in [0, 0.1) is 17.1 Å². The van der Waals surface area contributed by atoms with E-state index in [1.54, 1.807) is 17.0 Å². The lowest BCUT2D eigenvalue weighted by atomic mass is 10.0. The molecule has 0 atom stereocenters. The van der Waals surface area contributed by atoms with Crippen LogP contribution in [-0.2, 0) is 16.6 Å². The lowest BCUT2D eigenvalue weighted by molar-refractivity contribution is -0.0221. The van der Waals surface area contributed by atoms with Crippen molar-refractivity contribution in [1.29, 1.82) is 5.26 Å². The fraction of sp³-hybridized carbons (Fsp3) is 0.500. The van der Waals surface area contributed by atoms with Gasteiger partial charge in [-0.3, -0.25) is 4.90 Å². The van der Waals surface area contributed by atoms with Gasteiger partial charge in [0, 0.05) is 57.8 Å². The SMILES string of the molecule is CN(Cc1ccc(C#N)c(F)c1)C1CCN(S(=O)(=O)c2ccc(N3CCC(F)(F)CC3)nc2)CC1. The van der Waals surface area contributed by atoms with Crippen molar-refractivity contribution in [2.75, 3.05) is 38.1 Å². The van der Waals surface area contributed by atoms with Crippen LogP contribution >= 0.6 is 0 Å². The quantitative estimate of drug-likeness (QED) is 0.594. The zero-order chi connectivity index (χ0) is 25.2. The number of benzene rings is 1. The van der Waals surface area contributed by atoms with Crippen LogP contribution in [0.3, 0.4) is 0 Å². The van der Waals surface area contributed by atoms with Crippen molar-refractivity contribution in [3.05, 3.63) is 53.5 Å². The average Bonchev–Trinajstić information content (AvgIpc) is 2.84. The smallest absolute Gasteiger partial charge is 0.251 e. The Kier molecular flexibility index (Phi) is 7.35. The molecule has 2 aliphatic rings. The number of sulfonamides is 1. The van der Waals surface area contributed by atoms with E-state index in [9.17, 15) is 21.6 Å². The van der Waals surface area contributed by atoms with Gasteiger partial charge in [-0.05, 0) is 49.7 Å². The number of hydrogen-bond acceptors (Lipinski definition) is 6. The molecule has 2 fully saturated rings. The molecule has 2 aromatic rings. The van der Waals surface area contributed by atoms with E-state index in [1.807, 2.05) is 13.1 Å². The number of hydrogen-bond donors (Lipinski definition) is 0. The molecule has 0 aliphatic carbocycles. The summed E-state index contributed by atoms with van der Waals surface area (Å²) >= 11 is 0. The van der Waals surface area contributed by atoms with E-state index in [1.165, 1.54) is 28.7 Å². The molecule has 0 unspecified atom stereocenters. The van der Waals surface area contributed by atoms with Gasteiger partial charge in [-0.1, -0.05) is 6.07 Å². The largest absolute Gasteiger partial charge is 0.356 e. The van der Waals surface area contributed by atoms with Crippen LogP contribution in [0.15, 0.2) is 41.4 Å². The van der Waals surface area contributed by atoms with E-state index in [4.69, 9.17) is 5.26 Å². The Balaban J connectivity index is 1.33. The van der Waals surface area contributed by atoms with Crippen molar-refractivity contribution in [3.63, 3.8) is 0 Å². The molecule has 4 rings (SSSR count). The van der Waals surface area contributed by atoms with Gasteiger partial charge in [-0.25, -0.2) is 26.6 Å². The molecule has 188 valence electrons. The number of halogens is 3. The molecule has 3 heterocycles. The number of piperidine rings is 2. The molecule has 35 heavy (non-hydrogen) atoms. The van der Waals surface area contributed by atoms with E-state index in [-0.39, 0.29) is 42.4 Å². The van der Waals surface area contributed by atoms with Crippen molar-refractivity contribution in [2.45, 2.75) is 49.1 Å². The van der Waals surface area contributed by atoms with Gasteiger partial charge in [0.05, 0.1) is 5.56 Å². The molecule has 0 spiro atoms. The van der Waals surface area contributed by atoms with E-state index >= 15 is 0 Å². The highest BCUT2D eigenvalue weighted by molar-refractivity contribution is 7.89. The van der Waals surface area contributed by atoms with Crippen LogP contribution in [0.4, 0.5) is 19.0 Å². The summed E-state index contributed by atoms with van der Waals surface area (Å²) < 4.78 is 68.4. The maximum absolute atomic E-state index is 13.9. The second-order valence-electron chi connectivity index (χ2n) is 9.17. The molecule has 0 amide bonds. The zero-order valence-corrected chi connectivity index (χ0v) is 20.3. The molecule has 2 aliphatic heterocycles. The van der Waals surface area contributed by atoms with Gasteiger partial charge >= 0.3 is 0 Å². The third-order valence-corrected chi connectivity index (χ3v) is 8.69. The summed E-state index contributed by atoms with van der Waals surface area (Å²) in [5, 5.41) is 8.87. The van der Waals surface area contributed by atoms with Crippen molar-refractivity contribution < 1.29 is 21.6 Å². The van der Waals surface area contributed by atoms with Crippen molar-refractivity contribution in [1.82, 2.24) is 14.2 Å². The van der Waals surface area contributed by atoms with Crippen LogP contribution in [0.1, 0.15) is 36.8 Å². The fourth-order valence-electron chi connectivity index (χ4n) is 4.61. The fourth-order valence-corrected chi connectivity index (χ4v) is 6.03. The molecule has 0 bridgehead atoms. The molecule has 0 saturated carbocycles. The Labute approximate surface area is 203 Å². The Morgan fingerprint density at radius 1 is 1.14 bits per heavy atom. The lowest BCUT2D eigenvalue weighted by Gasteiger charge is -2.36. The first kappa shape index (κ1) is 25.4. The minimum absolute atomic E-state index is 0.00918. The standard InChI is InChI=1S/C24H28F3N5O2S/c1-30(17-18-2-3-19(15-28)22(25)14-18)20-6-10-32(11-7-20)35(33,34)21-4-5-23(29-16-21)31-12-8-24(26,27)9-13-31/h2-5,14,16,20H,6-13,17H2,1H3. The number of alkyl halides is 2. The predicted octanol–water partition coefficient (Wildman–Crippen LogP) is 3.61. The summed E-state index contributed by atoms with van der Waals surface area (Å²) in [5.74, 6) is -2.70. The summed E-state index contributed by atoms with van der Waals surface area (Å²) in [6.07, 6.45) is 2.08. The number of pyridine rings is 1. The maximum Gasteiger partial charge on any atom is 0.251 e. The Hall–Kier alpha value is -2.68. The molecule has 0 radical (unpaired) electrons. The van der Waals surface area contributed by atoms with Gasteiger partial charge in [0.2, 0.25) is 10.0 Å². The summed E-state index contributed by atoms with van der Waals surface area (Å²) in [5.41, 5.74) is 0.762. The molecular weight excluding hydrogens is 479 g/mol. The van der Waals surface area contributed by atoms with Crippen LogP contribution in [0.2, 0.25) is 0 Å². The minimum atomic E-state index is -3.72.